The second-order valence-corrected chi connectivity index (χ2v) is 7.62. The molecular formula is C14H13N3O4S3. The minimum Gasteiger partial charge on any atom is -0.477 e. The number of hydrogen-bond acceptors (Lipinski definition) is 7. The van der Waals surface area contributed by atoms with Gasteiger partial charge in [0.15, 0.2) is 0 Å². The molecule has 0 aromatic rings. The van der Waals surface area contributed by atoms with Crippen LogP contribution in [-0.2, 0) is 14.4 Å². The SMILES string of the molecule is C=CSC1=C(C(=O)O)N2C(=O)C(NC(=O)CS/C=C\C#N)[C@@H]2SC1. The highest BCUT2D eigenvalue weighted by Crippen LogP contribution is 2.43. The number of nitrogens with one attached hydrogen (secondary N) is 1. The van der Waals surface area contributed by atoms with Gasteiger partial charge in [0.1, 0.15) is 17.1 Å². The molecule has 0 radical (unpaired) electrons. The number of rotatable bonds is 7. The van der Waals surface area contributed by atoms with Gasteiger partial charge < -0.3 is 10.4 Å². The Balaban J connectivity index is 2.02. The lowest BCUT2D eigenvalue weighted by atomic mass is 10.1. The molecule has 1 unspecified atom stereocenters. The van der Waals surface area contributed by atoms with Crippen molar-refractivity contribution in [3.8, 4) is 6.07 Å². The van der Waals surface area contributed by atoms with Gasteiger partial charge in [0.2, 0.25) is 5.91 Å². The smallest absolute Gasteiger partial charge is 0.353 e. The van der Waals surface area contributed by atoms with Crippen molar-refractivity contribution in [2.45, 2.75) is 11.4 Å². The number of aliphatic carboxylic acids is 1. The lowest BCUT2D eigenvalue weighted by Gasteiger charge is -2.49. The molecule has 0 saturated carbocycles. The first-order valence-corrected chi connectivity index (χ1v) is 9.63. The van der Waals surface area contributed by atoms with Crippen molar-refractivity contribution in [3.63, 3.8) is 0 Å². The van der Waals surface area contributed by atoms with E-state index in [2.05, 4.69) is 11.9 Å². The van der Waals surface area contributed by atoms with Crippen LogP contribution in [0.4, 0.5) is 0 Å². The van der Waals surface area contributed by atoms with Crippen LogP contribution in [-0.4, -0.2) is 50.7 Å². The highest BCUT2D eigenvalue weighted by Gasteiger charge is 2.54. The highest BCUT2D eigenvalue weighted by molar-refractivity contribution is 8.08. The van der Waals surface area contributed by atoms with E-state index < -0.39 is 23.3 Å². The number of β-lactam (4-membered cyclic amide) rings is 1. The molecule has 2 aliphatic heterocycles. The fraction of sp³-hybridized carbons (Fsp3) is 0.286. The maximum absolute atomic E-state index is 12.3. The molecule has 0 spiro atoms. The summed E-state index contributed by atoms with van der Waals surface area (Å²) in [5, 5.41) is 22.9. The van der Waals surface area contributed by atoms with Crippen molar-refractivity contribution >= 4 is 53.1 Å². The Labute approximate surface area is 151 Å². The molecule has 1 saturated heterocycles. The van der Waals surface area contributed by atoms with Crippen LogP contribution < -0.4 is 5.32 Å². The number of carbonyl (C=O) groups excluding carboxylic acids is 2. The largest absolute Gasteiger partial charge is 0.477 e. The number of nitrogens with zero attached hydrogens (tertiary/aromatic N) is 2. The van der Waals surface area contributed by atoms with E-state index in [-0.39, 0.29) is 17.4 Å². The lowest BCUT2D eigenvalue weighted by Crippen LogP contribution is -2.70. The van der Waals surface area contributed by atoms with E-state index in [4.69, 9.17) is 5.26 Å². The van der Waals surface area contributed by atoms with Crippen LogP contribution in [0.1, 0.15) is 0 Å². The molecule has 0 aliphatic carbocycles. The fourth-order valence-corrected chi connectivity index (χ4v) is 4.86. The van der Waals surface area contributed by atoms with Gasteiger partial charge in [-0.15, -0.1) is 23.5 Å². The fourth-order valence-electron chi connectivity index (χ4n) is 2.20. The molecule has 24 heavy (non-hydrogen) atoms. The molecule has 2 heterocycles. The number of carbonyl (C=O) groups is 3. The Kier molecular flexibility index (Phi) is 6.42. The van der Waals surface area contributed by atoms with E-state index in [1.807, 2.05) is 6.07 Å². The van der Waals surface area contributed by atoms with E-state index in [0.29, 0.717) is 10.7 Å². The first-order chi connectivity index (χ1) is 11.5. The molecule has 0 aromatic heterocycles. The summed E-state index contributed by atoms with van der Waals surface area (Å²) < 4.78 is 0. The second kappa shape index (κ2) is 8.32. The average Bonchev–Trinajstić information content (AvgIpc) is 2.56. The Hall–Kier alpha value is -1.83. The summed E-state index contributed by atoms with van der Waals surface area (Å²) in [5.74, 6) is -1.41. The number of allylic oxidation sites excluding steroid dienone is 1. The van der Waals surface area contributed by atoms with Crippen molar-refractivity contribution in [2.24, 2.45) is 0 Å². The number of carboxylic acid groups (broad SMARTS) is 1. The topological polar surface area (TPSA) is 110 Å². The van der Waals surface area contributed by atoms with Gasteiger partial charge in [0, 0.05) is 16.7 Å². The number of nitriles is 1. The van der Waals surface area contributed by atoms with Gasteiger partial charge in [-0.3, -0.25) is 14.5 Å². The molecular weight excluding hydrogens is 370 g/mol. The molecule has 10 heteroatoms. The van der Waals surface area contributed by atoms with E-state index in [0.717, 1.165) is 11.8 Å². The second-order valence-electron chi connectivity index (χ2n) is 4.56. The number of amides is 2. The molecule has 1 fully saturated rings. The number of fused-ring (bicyclic) bond motifs is 1. The molecule has 2 atom stereocenters. The van der Waals surface area contributed by atoms with E-state index in [1.165, 1.54) is 45.3 Å². The molecule has 2 aliphatic rings. The quantitative estimate of drug-likeness (QED) is 0.500. The first-order valence-electron chi connectivity index (χ1n) is 6.65. The van der Waals surface area contributed by atoms with Gasteiger partial charge >= 0.3 is 5.97 Å². The van der Waals surface area contributed by atoms with Gasteiger partial charge in [0.25, 0.3) is 5.91 Å². The zero-order valence-corrected chi connectivity index (χ0v) is 14.7. The van der Waals surface area contributed by atoms with Crippen LogP contribution >= 0.6 is 35.3 Å². The minimum atomic E-state index is -1.17. The summed E-state index contributed by atoms with van der Waals surface area (Å²) in [6.07, 6.45) is 1.26. The van der Waals surface area contributed by atoms with Gasteiger partial charge in [-0.05, 0) is 10.8 Å². The average molecular weight is 383 g/mol. The third-order valence-corrected chi connectivity index (χ3v) is 6.14. The predicted molar refractivity (Wildman–Crippen MR) is 94.7 cm³/mol. The summed E-state index contributed by atoms with van der Waals surface area (Å²) >= 11 is 3.73. The minimum absolute atomic E-state index is 0.0366. The Morgan fingerprint density at radius 2 is 2.33 bits per heavy atom. The molecule has 126 valence electrons. The summed E-state index contributed by atoms with van der Waals surface area (Å²) in [7, 11) is 0. The Bertz CT molecular complexity index is 683. The van der Waals surface area contributed by atoms with Gasteiger partial charge in [0.05, 0.1) is 11.8 Å². The predicted octanol–water partition coefficient (Wildman–Crippen LogP) is 1.33. The van der Waals surface area contributed by atoms with E-state index in [9.17, 15) is 19.5 Å². The van der Waals surface area contributed by atoms with Crippen LogP contribution in [0.15, 0.2) is 34.1 Å². The third-order valence-electron chi connectivity index (χ3n) is 3.13. The van der Waals surface area contributed by atoms with Crippen molar-refractivity contribution < 1.29 is 19.5 Å². The lowest BCUT2D eigenvalue weighted by molar-refractivity contribution is -0.150. The number of thioether (sulfide) groups is 3. The monoisotopic (exact) mass is 383 g/mol. The molecule has 2 rings (SSSR count). The summed E-state index contributed by atoms with van der Waals surface area (Å²) in [4.78, 5) is 37.4. The maximum atomic E-state index is 12.3. The van der Waals surface area contributed by atoms with Gasteiger partial charge in [-0.25, -0.2) is 4.79 Å². The van der Waals surface area contributed by atoms with Crippen LogP contribution in [0.3, 0.4) is 0 Å². The normalized spacial score (nSPS) is 22.6. The zero-order chi connectivity index (χ0) is 17.7. The van der Waals surface area contributed by atoms with Crippen LogP contribution in [0.25, 0.3) is 0 Å². The molecule has 7 nitrogen and oxygen atoms in total. The number of carboxylic acids is 1. The van der Waals surface area contributed by atoms with E-state index >= 15 is 0 Å². The van der Waals surface area contributed by atoms with Crippen LogP contribution in [0.2, 0.25) is 0 Å². The summed E-state index contributed by atoms with van der Waals surface area (Å²) in [6, 6.07) is 1.08. The van der Waals surface area contributed by atoms with Crippen molar-refractivity contribution in [1.29, 1.82) is 5.26 Å². The van der Waals surface area contributed by atoms with E-state index in [1.54, 1.807) is 0 Å². The van der Waals surface area contributed by atoms with Crippen molar-refractivity contribution in [3.05, 3.63) is 34.1 Å². The van der Waals surface area contributed by atoms with Gasteiger partial charge in [-0.1, -0.05) is 18.3 Å². The standard InChI is InChI=1S/C14H13N3O4S3/c1-2-23-8-6-24-13-10(12(19)17(13)11(8)14(20)21)16-9(18)7-22-5-3-4-15/h2-3,5,10,13H,1,6-7H2,(H,16,18)(H,20,21)/b5-3-/t10?,13-/m0/s1. The maximum Gasteiger partial charge on any atom is 0.353 e. The van der Waals surface area contributed by atoms with Gasteiger partial charge in [-0.2, -0.15) is 5.26 Å². The van der Waals surface area contributed by atoms with Crippen molar-refractivity contribution in [2.75, 3.05) is 11.5 Å². The first kappa shape index (κ1) is 18.5. The molecule has 2 N–H and O–H groups in total. The molecule has 0 bridgehead atoms. The Morgan fingerprint density at radius 1 is 1.58 bits per heavy atom. The highest BCUT2D eigenvalue weighted by atomic mass is 32.2. The van der Waals surface area contributed by atoms with Crippen LogP contribution in [0, 0.1) is 11.3 Å². The zero-order valence-electron chi connectivity index (χ0n) is 12.3. The molecule has 2 amide bonds. The number of hydrogen-bond donors (Lipinski definition) is 2. The summed E-state index contributed by atoms with van der Waals surface area (Å²) in [6.45, 7) is 3.56. The summed E-state index contributed by atoms with van der Waals surface area (Å²) in [5.41, 5.74) is -0.0366. The van der Waals surface area contributed by atoms with Crippen molar-refractivity contribution in [1.82, 2.24) is 10.2 Å². The third kappa shape index (κ3) is 3.80. The van der Waals surface area contributed by atoms with Crippen LogP contribution in [0.5, 0.6) is 0 Å². The molecule has 0 aromatic carbocycles. The Morgan fingerprint density at radius 3 is 2.96 bits per heavy atom.